The lowest BCUT2D eigenvalue weighted by molar-refractivity contribution is -0.136. The Bertz CT molecular complexity index is 439. The van der Waals surface area contributed by atoms with Crippen LogP contribution in [0.3, 0.4) is 0 Å². The van der Waals surface area contributed by atoms with E-state index in [4.69, 9.17) is 4.74 Å². The van der Waals surface area contributed by atoms with Gasteiger partial charge in [0.05, 0.1) is 13.2 Å². The molecule has 6 nitrogen and oxygen atoms in total. The highest BCUT2D eigenvalue weighted by Gasteiger charge is 2.20. The smallest absolute Gasteiger partial charge is 0.332 e. The summed E-state index contributed by atoms with van der Waals surface area (Å²) in [6.07, 6.45) is 3.84. The Morgan fingerprint density at radius 3 is 2.00 bits per heavy atom. The summed E-state index contributed by atoms with van der Waals surface area (Å²) in [7, 11) is 0. The molecule has 0 bridgehead atoms. The maximum Gasteiger partial charge on any atom is 0.332 e. The molecule has 1 aliphatic heterocycles. The third-order valence-electron chi connectivity index (χ3n) is 4.34. The molecule has 0 spiro atoms. The average molecular weight is 341 g/mol. The number of morpholine rings is 1. The largest absolute Gasteiger partial charge is 0.478 e. The van der Waals surface area contributed by atoms with Crippen LogP contribution in [0, 0.1) is 5.92 Å². The highest BCUT2D eigenvalue weighted by molar-refractivity contribution is 5.98. The number of ether oxygens (including phenoxy) is 1. The fourth-order valence-corrected chi connectivity index (χ4v) is 2.92. The summed E-state index contributed by atoms with van der Waals surface area (Å²) in [6.45, 7) is 8.39. The summed E-state index contributed by atoms with van der Waals surface area (Å²) in [4.78, 5) is 25.2. The Labute approximate surface area is 144 Å². The molecule has 0 radical (unpaired) electrons. The van der Waals surface area contributed by atoms with Gasteiger partial charge in [-0.15, -0.1) is 0 Å². The number of carboxylic acid groups (broad SMARTS) is 2. The van der Waals surface area contributed by atoms with Gasteiger partial charge in [-0.2, -0.15) is 0 Å². The highest BCUT2D eigenvalue weighted by atomic mass is 16.5. The standard InChI is InChI=1S/C18H31NO5/c1-14(2)6-5-8-16(18(22)23)15(17(20)21)7-3-4-9-19-10-12-24-13-11-19/h14H,3-13H2,1-2H3,(H,20,21)(H,22,23). The zero-order valence-electron chi connectivity index (χ0n) is 14.9. The van der Waals surface area contributed by atoms with E-state index in [2.05, 4.69) is 18.7 Å². The number of unbranched alkanes of at least 4 members (excludes halogenated alkanes) is 1. The zero-order chi connectivity index (χ0) is 17.9. The molecule has 0 unspecified atom stereocenters. The van der Waals surface area contributed by atoms with Gasteiger partial charge in [-0.05, 0) is 44.6 Å². The molecule has 0 aromatic carbocycles. The minimum Gasteiger partial charge on any atom is -0.478 e. The molecule has 0 aromatic rings. The van der Waals surface area contributed by atoms with Crippen LogP contribution in [-0.2, 0) is 14.3 Å². The molecule has 0 amide bonds. The minimum atomic E-state index is -1.09. The molecule has 1 fully saturated rings. The fourth-order valence-electron chi connectivity index (χ4n) is 2.92. The van der Waals surface area contributed by atoms with E-state index >= 15 is 0 Å². The third kappa shape index (κ3) is 7.93. The molecule has 0 aliphatic carbocycles. The minimum absolute atomic E-state index is 0.0771. The predicted octanol–water partition coefficient (Wildman–Crippen LogP) is 2.78. The number of hydrogen-bond donors (Lipinski definition) is 2. The van der Waals surface area contributed by atoms with Gasteiger partial charge in [0.1, 0.15) is 0 Å². The molecule has 2 N–H and O–H groups in total. The molecular formula is C18H31NO5. The number of aliphatic carboxylic acids is 2. The summed E-state index contributed by atoms with van der Waals surface area (Å²) in [5.41, 5.74) is 0.155. The maximum absolute atomic E-state index is 11.5. The highest BCUT2D eigenvalue weighted by Crippen LogP contribution is 2.20. The Morgan fingerprint density at radius 2 is 1.50 bits per heavy atom. The maximum atomic E-state index is 11.5. The van der Waals surface area contributed by atoms with Gasteiger partial charge in [-0.1, -0.05) is 20.3 Å². The van der Waals surface area contributed by atoms with Crippen LogP contribution in [0.2, 0.25) is 0 Å². The monoisotopic (exact) mass is 341 g/mol. The molecule has 6 heteroatoms. The van der Waals surface area contributed by atoms with Crippen molar-refractivity contribution < 1.29 is 24.5 Å². The molecule has 24 heavy (non-hydrogen) atoms. The molecule has 0 aromatic heterocycles. The SMILES string of the molecule is CC(C)CCCC(C(=O)O)=C(CCCCN1CCOCC1)C(=O)O. The molecular weight excluding hydrogens is 310 g/mol. The van der Waals surface area contributed by atoms with Gasteiger partial charge in [-0.25, -0.2) is 9.59 Å². The Kier molecular flexibility index (Phi) is 9.64. The summed E-state index contributed by atoms with van der Waals surface area (Å²) < 4.78 is 5.30. The van der Waals surface area contributed by atoms with Crippen LogP contribution in [0.5, 0.6) is 0 Å². The molecule has 0 atom stereocenters. The van der Waals surface area contributed by atoms with Crippen LogP contribution in [0.1, 0.15) is 52.4 Å². The van der Waals surface area contributed by atoms with Crippen molar-refractivity contribution in [1.82, 2.24) is 4.90 Å². The van der Waals surface area contributed by atoms with Crippen molar-refractivity contribution in [3.05, 3.63) is 11.1 Å². The zero-order valence-corrected chi connectivity index (χ0v) is 14.9. The van der Waals surface area contributed by atoms with E-state index in [1.165, 1.54) is 0 Å². The molecule has 0 saturated carbocycles. The third-order valence-corrected chi connectivity index (χ3v) is 4.34. The lowest BCUT2D eigenvalue weighted by atomic mass is 9.96. The fraction of sp³-hybridized carbons (Fsp3) is 0.778. The van der Waals surface area contributed by atoms with Gasteiger partial charge in [-0.3, -0.25) is 4.90 Å². The average Bonchev–Trinajstić information content (AvgIpc) is 2.52. The second kappa shape index (κ2) is 11.2. The van der Waals surface area contributed by atoms with E-state index in [-0.39, 0.29) is 11.1 Å². The van der Waals surface area contributed by atoms with E-state index in [0.29, 0.717) is 31.6 Å². The normalized spacial score (nSPS) is 17.0. The Morgan fingerprint density at radius 1 is 0.958 bits per heavy atom. The van der Waals surface area contributed by atoms with Gasteiger partial charge >= 0.3 is 11.9 Å². The first kappa shape index (κ1) is 20.6. The quantitative estimate of drug-likeness (QED) is 0.444. The first-order valence-electron chi connectivity index (χ1n) is 8.90. The first-order chi connectivity index (χ1) is 11.4. The van der Waals surface area contributed by atoms with Gasteiger partial charge in [0.15, 0.2) is 0 Å². The summed E-state index contributed by atoms with van der Waals surface area (Å²) in [5.74, 6) is -1.70. The van der Waals surface area contributed by atoms with Crippen LogP contribution >= 0.6 is 0 Å². The van der Waals surface area contributed by atoms with Crippen LogP contribution in [0.15, 0.2) is 11.1 Å². The van der Waals surface area contributed by atoms with Crippen LogP contribution in [0.4, 0.5) is 0 Å². The van der Waals surface area contributed by atoms with Crippen molar-refractivity contribution in [3.63, 3.8) is 0 Å². The van der Waals surface area contributed by atoms with Crippen LogP contribution < -0.4 is 0 Å². The summed E-state index contributed by atoms with van der Waals surface area (Å²) in [5, 5.41) is 18.8. The van der Waals surface area contributed by atoms with Crippen LogP contribution in [0.25, 0.3) is 0 Å². The molecule has 1 heterocycles. The molecule has 1 saturated heterocycles. The van der Waals surface area contributed by atoms with Crippen molar-refractivity contribution in [2.75, 3.05) is 32.8 Å². The van der Waals surface area contributed by atoms with Gasteiger partial charge in [0.25, 0.3) is 0 Å². The first-order valence-corrected chi connectivity index (χ1v) is 8.90. The van der Waals surface area contributed by atoms with Crippen molar-refractivity contribution in [2.24, 2.45) is 5.92 Å². The topological polar surface area (TPSA) is 87.1 Å². The van der Waals surface area contributed by atoms with Crippen molar-refractivity contribution in [2.45, 2.75) is 52.4 Å². The van der Waals surface area contributed by atoms with Gasteiger partial charge in [0, 0.05) is 24.2 Å². The molecule has 138 valence electrons. The molecule has 1 rings (SSSR count). The molecule has 1 aliphatic rings. The van der Waals surface area contributed by atoms with Crippen molar-refractivity contribution >= 4 is 11.9 Å². The Hall–Kier alpha value is -1.40. The number of rotatable bonds is 11. The number of carboxylic acids is 2. The second-order valence-electron chi connectivity index (χ2n) is 6.76. The number of carbonyl (C=O) groups is 2. The van der Waals surface area contributed by atoms with E-state index < -0.39 is 11.9 Å². The van der Waals surface area contributed by atoms with E-state index in [0.717, 1.165) is 45.7 Å². The Balaban J connectivity index is 2.53. The number of hydrogen-bond acceptors (Lipinski definition) is 4. The predicted molar refractivity (Wildman–Crippen MR) is 92.1 cm³/mol. The lowest BCUT2D eigenvalue weighted by Gasteiger charge is -2.26. The van der Waals surface area contributed by atoms with E-state index in [1.807, 2.05) is 0 Å². The van der Waals surface area contributed by atoms with Crippen molar-refractivity contribution in [1.29, 1.82) is 0 Å². The van der Waals surface area contributed by atoms with Crippen LogP contribution in [-0.4, -0.2) is 59.9 Å². The van der Waals surface area contributed by atoms with Gasteiger partial charge in [0.2, 0.25) is 0 Å². The van der Waals surface area contributed by atoms with Gasteiger partial charge < -0.3 is 14.9 Å². The summed E-state index contributed by atoms with van der Waals surface area (Å²) >= 11 is 0. The van der Waals surface area contributed by atoms with E-state index in [9.17, 15) is 19.8 Å². The lowest BCUT2D eigenvalue weighted by Crippen LogP contribution is -2.36. The summed E-state index contributed by atoms with van der Waals surface area (Å²) in [6, 6.07) is 0. The number of nitrogens with zero attached hydrogens (tertiary/aromatic N) is 1. The van der Waals surface area contributed by atoms with E-state index in [1.54, 1.807) is 0 Å². The second-order valence-corrected chi connectivity index (χ2v) is 6.76. The van der Waals surface area contributed by atoms with Crippen molar-refractivity contribution in [3.8, 4) is 0 Å².